The van der Waals surface area contributed by atoms with E-state index >= 15 is 0 Å². The van der Waals surface area contributed by atoms with E-state index < -0.39 is 0 Å². The molecule has 0 saturated heterocycles. The van der Waals surface area contributed by atoms with E-state index in [1.54, 1.807) is 0 Å². The summed E-state index contributed by atoms with van der Waals surface area (Å²) in [6.07, 6.45) is 0. The summed E-state index contributed by atoms with van der Waals surface area (Å²) in [6, 6.07) is 73.1. The predicted molar refractivity (Wildman–Crippen MR) is 233 cm³/mol. The van der Waals surface area contributed by atoms with E-state index in [0.29, 0.717) is 0 Å². The fraction of sp³-hybridized carbons (Fsp3) is 0.0189. The van der Waals surface area contributed by atoms with Crippen molar-refractivity contribution in [1.29, 1.82) is 0 Å². The molecule has 2 aliphatic rings. The van der Waals surface area contributed by atoms with Crippen molar-refractivity contribution in [2.45, 2.75) is 15.2 Å². The van der Waals surface area contributed by atoms with Crippen LogP contribution in [0.2, 0.25) is 0 Å². The zero-order valence-electron chi connectivity index (χ0n) is 30.3. The molecule has 0 saturated carbocycles. The van der Waals surface area contributed by atoms with Gasteiger partial charge in [0.25, 0.3) is 0 Å². The van der Waals surface area contributed by atoms with E-state index in [0.717, 1.165) is 39.0 Å². The maximum atomic E-state index is 6.52. The standard InChI is InChI=1S/C53H33NOS/c1-2-13-38(14-3-1)54(48-22-12-18-43-42-17-6-10-23-49(42)55-52(43)48)39-29-27-34(28-30-39)35-25-26-36-32-47-51(33-37(36)31-35)56-50-24-11-9-21-46(50)53(47)44-19-7-4-15-40(44)41-16-5-8-20-45(41)53/h1-33H. The summed E-state index contributed by atoms with van der Waals surface area (Å²) in [5.74, 6) is 0. The first-order valence-electron chi connectivity index (χ1n) is 19.2. The van der Waals surface area contributed by atoms with Crippen LogP contribution in [0.5, 0.6) is 0 Å². The molecule has 2 heterocycles. The van der Waals surface area contributed by atoms with Gasteiger partial charge in [-0.1, -0.05) is 151 Å². The molecule has 0 unspecified atom stereocenters. The Morgan fingerprint density at radius 2 is 1.05 bits per heavy atom. The quantitative estimate of drug-likeness (QED) is 0.179. The summed E-state index contributed by atoms with van der Waals surface area (Å²) in [7, 11) is 0. The molecule has 9 aromatic carbocycles. The van der Waals surface area contributed by atoms with Gasteiger partial charge < -0.3 is 9.32 Å². The number of rotatable bonds is 4. The van der Waals surface area contributed by atoms with Gasteiger partial charge in [0.15, 0.2) is 5.58 Å². The Labute approximate surface area is 329 Å². The number of nitrogens with zero attached hydrogens (tertiary/aromatic N) is 1. The molecule has 1 aliphatic carbocycles. The third-order valence-corrected chi connectivity index (χ3v) is 13.0. The maximum absolute atomic E-state index is 6.52. The van der Waals surface area contributed by atoms with Gasteiger partial charge in [0, 0.05) is 31.9 Å². The normalized spacial score (nSPS) is 13.4. The van der Waals surface area contributed by atoms with Crippen LogP contribution in [0, 0.1) is 0 Å². The molecule has 1 spiro atoms. The van der Waals surface area contributed by atoms with E-state index in [4.69, 9.17) is 4.42 Å². The van der Waals surface area contributed by atoms with Crippen LogP contribution in [0.3, 0.4) is 0 Å². The van der Waals surface area contributed by atoms with Crippen LogP contribution in [0.15, 0.2) is 214 Å². The Kier molecular flexibility index (Phi) is 6.81. The average Bonchev–Trinajstić information content (AvgIpc) is 3.79. The van der Waals surface area contributed by atoms with Crippen molar-refractivity contribution in [3.05, 3.63) is 222 Å². The van der Waals surface area contributed by atoms with Gasteiger partial charge in [-0.25, -0.2) is 0 Å². The van der Waals surface area contributed by atoms with Gasteiger partial charge in [0.2, 0.25) is 0 Å². The van der Waals surface area contributed by atoms with E-state index in [1.165, 1.54) is 65.1 Å². The summed E-state index contributed by atoms with van der Waals surface area (Å²) >= 11 is 1.90. The molecule has 3 heteroatoms. The van der Waals surface area contributed by atoms with E-state index in [2.05, 4.69) is 193 Å². The van der Waals surface area contributed by atoms with Crippen molar-refractivity contribution in [1.82, 2.24) is 0 Å². The number of hydrogen-bond donors (Lipinski definition) is 0. The lowest BCUT2D eigenvalue weighted by molar-refractivity contribution is 0.669. The Bertz CT molecular complexity index is 3130. The molecule has 1 aromatic heterocycles. The van der Waals surface area contributed by atoms with Crippen LogP contribution >= 0.6 is 11.8 Å². The molecular weight excluding hydrogens is 699 g/mol. The van der Waals surface area contributed by atoms with Crippen LogP contribution in [0.25, 0.3) is 55.0 Å². The lowest BCUT2D eigenvalue weighted by Gasteiger charge is -2.40. The van der Waals surface area contributed by atoms with Crippen molar-refractivity contribution in [3.63, 3.8) is 0 Å². The molecule has 0 atom stereocenters. The van der Waals surface area contributed by atoms with Crippen LogP contribution in [-0.2, 0) is 5.41 Å². The van der Waals surface area contributed by atoms with Gasteiger partial charge in [-0.2, -0.15) is 0 Å². The summed E-state index contributed by atoms with van der Waals surface area (Å²) in [5, 5.41) is 4.73. The Morgan fingerprint density at radius 3 is 1.86 bits per heavy atom. The second-order valence-electron chi connectivity index (χ2n) is 14.8. The number of anilines is 3. The molecule has 10 aromatic rings. The summed E-state index contributed by atoms with van der Waals surface area (Å²) in [5.41, 5.74) is 15.1. The Balaban J connectivity index is 0.975. The lowest BCUT2D eigenvalue weighted by atomic mass is 9.67. The molecule has 1 aliphatic heterocycles. The van der Waals surface area contributed by atoms with Crippen molar-refractivity contribution in [2.24, 2.45) is 0 Å². The number of benzene rings is 9. The highest BCUT2D eigenvalue weighted by Gasteiger charge is 2.50. The highest BCUT2D eigenvalue weighted by atomic mass is 32.2. The Morgan fingerprint density at radius 1 is 0.411 bits per heavy atom. The zero-order chi connectivity index (χ0) is 36.8. The molecule has 12 rings (SSSR count). The number of para-hydroxylation sites is 3. The maximum Gasteiger partial charge on any atom is 0.159 e. The van der Waals surface area contributed by atoms with Crippen molar-refractivity contribution in [3.8, 4) is 22.3 Å². The molecule has 2 nitrogen and oxygen atoms in total. The van der Waals surface area contributed by atoms with E-state index in [-0.39, 0.29) is 5.41 Å². The van der Waals surface area contributed by atoms with Crippen LogP contribution in [0.1, 0.15) is 22.3 Å². The van der Waals surface area contributed by atoms with Crippen LogP contribution in [0.4, 0.5) is 17.1 Å². The lowest BCUT2D eigenvalue weighted by Crippen LogP contribution is -2.31. The SMILES string of the molecule is c1ccc(N(c2ccc(-c3ccc4cc5c(cc4c3)Sc3ccccc3C53c4ccccc4-c4ccccc43)cc2)c2cccc3c2oc2ccccc23)cc1. The highest BCUT2D eigenvalue weighted by Crippen LogP contribution is 2.62. The smallest absolute Gasteiger partial charge is 0.159 e. The first-order valence-corrected chi connectivity index (χ1v) is 20.0. The first-order chi connectivity index (χ1) is 27.8. The van der Waals surface area contributed by atoms with Gasteiger partial charge in [0.05, 0.1) is 11.1 Å². The van der Waals surface area contributed by atoms with Gasteiger partial charge in [-0.3, -0.25) is 0 Å². The average molecular weight is 732 g/mol. The third-order valence-electron chi connectivity index (χ3n) is 11.9. The molecular formula is C53H33NOS. The molecule has 0 fully saturated rings. The summed E-state index contributed by atoms with van der Waals surface area (Å²) in [6.45, 7) is 0. The van der Waals surface area contributed by atoms with Crippen molar-refractivity contribution >= 4 is 61.5 Å². The second kappa shape index (κ2) is 12.1. The predicted octanol–water partition coefficient (Wildman–Crippen LogP) is 14.7. The Hall–Kier alpha value is -6.81. The van der Waals surface area contributed by atoms with Crippen molar-refractivity contribution < 1.29 is 4.42 Å². The largest absolute Gasteiger partial charge is 0.454 e. The molecule has 262 valence electrons. The molecule has 56 heavy (non-hydrogen) atoms. The van der Waals surface area contributed by atoms with Gasteiger partial charge in [0.1, 0.15) is 5.58 Å². The van der Waals surface area contributed by atoms with Crippen molar-refractivity contribution in [2.75, 3.05) is 4.90 Å². The van der Waals surface area contributed by atoms with E-state index in [9.17, 15) is 0 Å². The number of fused-ring (bicyclic) bond motifs is 13. The van der Waals surface area contributed by atoms with Gasteiger partial charge >= 0.3 is 0 Å². The van der Waals surface area contributed by atoms with E-state index in [1.807, 2.05) is 23.9 Å². The third kappa shape index (κ3) is 4.46. The minimum atomic E-state index is -0.371. The molecule has 0 radical (unpaired) electrons. The molecule has 0 N–H and O–H groups in total. The summed E-state index contributed by atoms with van der Waals surface area (Å²) in [4.78, 5) is 4.93. The summed E-state index contributed by atoms with van der Waals surface area (Å²) < 4.78 is 6.52. The fourth-order valence-electron chi connectivity index (χ4n) is 9.49. The molecule has 0 bridgehead atoms. The minimum Gasteiger partial charge on any atom is -0.454 e. The minimum absolute atomic E-state index is 0.371. The molecule has 0 amide bonds. The van der Waals surface area contributed by atoms with Crippen LogP contribution < -0.4 is 4.90 Å². The number of hydrogen-bond acceptors (Lipinski definition) is 3. The highest BCUT2D eigenvalue weighted by molar-refractivity contribution is 7.99. The fourth-order valence-corrected chi connectivity index (χ4v) is 10.7. The van der Waals surface area contributed by atoms with Gasteiger partial charge in [-0.15, -0.1) is 0 Å². The van der Waals surface area contributed by atoms with Gasteiger partial charge in [-0.05, 0) is 116 Å². The number of furan rings is 1. The monoisotopic (exact) mass is 731 g/mol. The van der Waals surface area contributed by atoms with Crippen LogP contribution in [-0.4, -0.2) is 0 Å². The topological polar surface area (TPSA) is 16.4 Å². The zero-order valence-corrected chi connectivity index (χ0v) is 31.1. The first kappa shape index (κ1) is 31.5. The second-order valence-corrected chi connectivity index (χ2v) is 15.9.